The largest absolute Gasteiger partial charge is 0.412 e. The summed E-state index contributed by atoms with van der Waals surface area (Å²) < 4.78 is 0. The molecule has 1 heterocycles. The van der Waals surface area contributed by atoms with Crippen molar-refractivity contribution in [2.45, 2.75) is 13.3 Å². The quantitative estimate of drug-likeness (QED) is 0.701. The van der Waals surface area contributed by atoms with E-state index in [2.05, 4.69) is 11.9 Å². The Kier molecular flexibility index (Phi) is 6.76. The number of aryl methyl sites for hydroxylation is 1. The highest BCUT2D eigenvalue weighted by molar-refractivity contribution is 7.13. The lowest BCUT2D eigenvalue weighted by atomic mass is 10.4. The summed E-state index contributed by atoms with van der Waals surface area (Å²) in [5, 5.41) is 2.65. The van der Waals surface area contributed by atoms with Crippen molar-refractivity contribution >= 4 is 28.9 Å². The van der Waals surface area contributed by atoms with Gasteiger partial charge in [0.25, 0.3) is 0 Å². The lowest BCUT2D eigenvalue weighted by Crippen LogP contribution is -1.83. The molecule has 0 aliphatic rings. The lowest BCUT2D eigenvalue weighted by Gasteiger charge is -1.79. The van der Waals surface area contributed by atoms with E-state index in [1.807, 2.05) is 5.38 Å². The smallest absolute Gasteiger partial charge is 0.180 e. The van der Waals surface area contributed by atoms with Crippen LogP contribution in [0.15, 0.2) is 5.38 Å². The molecule has 10 heavy (non-hydrogen) atoms. The number of thiazole rings is 1. The van der Waals surface area contributed by atoms with E-state index in [9.17, 15) is 0 Å². The second kappa shape index (κ2) is 5.46. The second-order valence-electron chi connectivity index (χ2n) is 1.53. The molecule has 0 bridgehead atoms. The van der Waals surface area contributed by atoms with Crippen LogP contribution in [0.25, 0.3) is 0 Å². The van der Waals surface area contributed by atoms with E-state index >= 15 is 0 Å². The maximum absolute atomic E-state index is 5.36. The fraction of sp³-hybridized carbons (Fsp3) is 0.400. The van der Waals surface area contributed by atoms with Gasteiger partial charge in [0.1, 0.15) is 0 Å². The van der Waals surface area contributed by atoms with Crippen molar-refractivity contribution in [1.29, 1.82) is 0 Å². The van der Waals surface area contributed by atoms with Crippen molar-refractivity contribution in [2.75, 3.05) is 5.73 Å². The number of hydrogen-bond donors (Lipinski definition) is 1. The molecule has 1 aromatic heterocycles. The van der Waals surface area contributed by atoms with Crippen LogP contribution in [0.4, 0.5) is 5.13 Å². The molecule has 0 spiro atoms. The summed E-state index contributed by atoms with van der Waals surface area (Å²) >= 11 is 1.50. The Morgan fingerprint density at radius 2 is 2.30 bits per heavy atom. The van der Waals surface area contributed by atoms with Gasteiger partial charge in [-0.1, -0.05) is 6.92 Å². The SMILES string of the molecule is CCc1csc(N)n1.Cl.O. The maximum Gasteiger partial charge on any atom is 0.180 e. The number of nitrogen functional groups attached to an aromatic ring is 1. The molecule has 0 saturated carbocycles. The molecule has 1 aromatic rings. The van der Waals surface area contributed by atoms with Crippen molar-refractivity contribution in [3.63, 3.8) is 0 Å². The van der Waals surface area contributed by atoms with Crippen LogP contribution >= 0.6 is 23.7 Å². The molecule has 0 amide bonds. The molecular formula is C5H11ClN2OS. The van der Waals surface area contributed by atoms with Crippen LogP contribution in [0.2, 0.25) is 0 Å². The third-order valence-corrected chi connectivity index (χ3v) is 1.65. The van der Waals surface area contributed by atoms with Crippen LogP contribution in [-0.4, -0.2) is 10.5 Å². The first kappa shape index (κ1) is 12.4. The van der Waals surface area contributed by atoms with E-state index < -0.39 is 0 Å². The third kappa shape index (κ3) is 3.00. The fourth-order valence-electron chi connectivity index (χ4n) is 0.485. The van der Waals surface area contributed by atoms with Crippen LogP contribution in [-0.2, 0) is 6.42 Å². The van der Waals surface area contributed by atoms with E-state index in [4.69, 9.17) is 5.73 Å². The van der Waals surface area contributed by atoms with Gasteiger partial charge in [0.2, 0.25) is 0 Å². The zero-order valence-electron chi connectivity index (χ0n) is 5.63. The highest BCUT2D eigenvalue weighted by Gasteiger charge is 1.91. The predicted molar refractivity (Wildman–Crippen MR) is 46.8 cm³/mol. The normalized spacial score (nSPS) is 7.70. The van der Waals surface area contributed by atoms with Gasteiger partial charge in [0.15, 0.2) is 5.13 Å². The van der Waals surface area contributed by atoms with Crippen molar-refractivity contribution in [1.82, 2.24) is 4.98 Å². The number of nitrogens with two attached hydrogens (primary N) is 1. The Bertz CT molecular complexity index is 180. The highest BCUT2D eigenvalue weighted by atomic mass is 35.5. The van der Waals surface area contributed by atoms with Gasteiger partial charge in [-0.05, 0) is 6.42 Å². The van der Waals surface area contributed by atoms with Gasteiger partial charge in [-0.25, -0.2) is 4.98 Å². The Morgan fingerprint density at radius 1 is 1.70 bits per heavy atom. The third-order valence-electron chi connectivity index (χ3n) is 0.932. The van der Waals surface area contributed by atoms with Crippen molar-refractivity contribution < 1.29 is 5.48 Å². The first-order chi connectivity index (χ1) is 3.83. The van der Waals surface area contributed by atoms with Gasteiger partial charge in [-0.2, -0.15) is 0 Å². The Labute approximate surface area is 70.0 Å². The zero-order valence-corrected chi connectivity index (χ0v) is 7.26. The second-order valence-corrected chi connectivity index (χ2v) is 2.42. The standard InChI is InChI=1S/C5H8N2S.ClH.H2O/c1-2-4-3-8-5(6)7-4;;/h3H,2H2,1H3,(H2,6,7);1H;1H2. The van der Waals surface area contributed by atoms with Crippen LogP contribution in [0.1, 0.15) is 12.6 Å². The number of hydrogen-bond acceptors (Lipinski definition) is 3. The number of anilines is 1. The van der Waals surface area contributed by atoms with Crippen LogP contribution in [0, 0.1) is 0 Å². The summed E-state index contributed by atoms with van der Waals surface area (Å²) in [4.78, 5) is 4.03. The fourth-order valence-corrected chi connectivity index (χ4v) is 1.13. The molecule has 0 atom stereocenters. The molecule has 0 aromatic carbocycles. The van der Waals surface area contributed by atoms with E-state index in [1.165, 1.54) is 11.3 Å². The number of aromatic nitrogens is 1. The van der Waals surface area contributed by atoms with Crippen molar-refractivity contribution in [3.8, 4) is 0 Å². The average molecular weight is 183 g/mol. The van der Waals surface area contributed by atoms with Crippen LogP contribution < -0.4 is 5.73 Å². The summed E-state index contributed by atoms with van der Waals surface area (Å²) in [7, 11) is 0. The highest BCUT2D eigenvalue weighted by Crippen LogP contribution is 2.10. The number of nitrogens with zero attached hydrogens (tertiary/aromatic N) is 1. The Hall–Kier alpha value is -0.320. The molecule has 60 valence electrons. The molecule has 4 N–H and O–H groups in total. The van der Waals surface area contributed by atoms with Crippen molar-refractivity contribution in [2.24, 2.45) is 0 Å². The Morgan fingerprint density at radius 3 is 2.50 bits per heavy atom. The van der Waals surface area contributed by atoms with E-state index in [1.54, 1.807) is 0 Å². The van der Waals surface area contributed by atoms with Gasteiger partial charge in [-0.15, -0.1) is 23.7 Å². The summed E-state index contributed by atoms with van der Waals surface area (Å²) in [6.45, 7) is 2.06. The number of halogens is 1. The van der Waals surface area contributed by atoms with E-state index in [0.29, 0.717) is 5.13 Å². The molecule has 0 unspecified atom stereocenters. The molecule has 0 fully saturated rings. The summed E-state index contributed by atoms with van der Waals surface area (Å²) in [6, 6.07) is 0. The first-order valence-electron chi connectivity index (χ1n) is 2.53. The predicted octanol–water partition coefficient (Wildman–Crippen LogP) is 0.885. The average Bonchev–Trinajstić information content (AvgIpc) is 2.14. The molecule has 3 nitrogen and oxygen atoms in total. The molecule has 0 aliphatic carbocycles. The van der Waals surface area contributed by atoms with Gasteiger partial charge < -0.3 is 11.2 Å². The lowest BCUT2D eigenvalue weighted by molar-refractivity contribution is 0.824. The number of rotatable bonds is 1. The zero-order chi connectivity index (χ0) is 5.98. The van der Waals surface area contributed by atoms with Gasteiger partial charge >= 0.3 is 0 Å². The Balaban J connectivity index is 0. The minimum absolute atomic E-state index is 0. The molecule has 1 rings (SSSR count). The molecule has 0 radical (unpaired) electrons. The first-order valence-corrected chi connectivity index (χ1v) is 3.40. The topological polar surface area (TPSA) is 70.4 Å². The summed E-state index contributed by atoms with van der Waals surface area (Å²) in [5.41, 5.74) is 6.45. The molecule has 0 saturated heterocycles. The minimum atomic E-state index is 0. The maximum atomic E-state index is 5.36. The van der Waals surface area contributed by atoms with Gasteiger partial charge in [0.05, 0.1) is 5.69 Å². The van der Waals surface area contributed by atoms with E-state index in [-0.39, 0.29) is 17.9 Å². The molecular weight excluding hydrogens is 172 g/mol. The summed E-state index contributed by atoms with van der Waals surface area (Å²) in [6.07, 6.45) is 0.980. The minimum Gasteiger partial charge on any atom is -0.412 e. The summed E-state index contributed by atoms with van der Waals surface area (Å²) in [5.74, 6) is 0. The monoisotopic (exact) mass is 182 g/mol. The van der Waals surface area contributed by atoms with Gasteiger partial charge in [0, 0.05) is 5.38 Å². The van der Waals surface area contributed by atoms with E-state index in [0.717, 1.165) is 12.1 Å². The van der Waals surface area contributed by atoms with Crippen LogP contribution in [0.3, 0.4) is 0 Å². The molecule has 5 heteroatoms. The van der Waals surface area contributed by atoms with Crippen molar-refractivity contribution in [3.05, 3.63) is 11.1 Å². The van der Waals surface area contributed by atoms with Crippen LogP contribution in [0.5, 0.6) is 0 Å². The molecule has 0 aliphatic heterocycles. The van der Waals surface area contributed by atoms with Gasteiger partial charge in [-0.3, -0.25) is 0 Å².